The molecular weight excluding hydrogens is 282 g/mol. The van der Waals surface area contributed by atoms with Gasteiger partial charge in [-0.2, -0.15) is 0 Å². The van der Waals surface area contributed by atoms with Crippen LogP contribution in [0, 0.1) is 6.92 Å². The third-order valence-corrected chi connectivity index (χ3v) is 3.91. The molecule has 0 fully saturated rings. The Hall–Kier alpha value is -1.82. The normalized spacial score (nSPS) is 11.6. The highest BCUT2D eigenvalue weighted by molar-refractivity contribution is 7.11. The lowest BCUT2D eigenvalue weighted by molar-refractivity contribution is 0.665. The van der Waals surface area contributed by atoms with Gasteiger partial charge in [-0.3, -0.25) is 4.99 Å². The van der Waals surface area contributed by atoms with E-state index in [0.29, 0.717) is 0 Å². The maximum absolute atomic E-state index is 4.59. The smallest absolute Gasteiger partial charge is 0.191 e. The van der Waals surface area contributed by atoms with Gasteiger partial charge in [0.05, 0.1) is 5.01 Å². The second-order valence-electron chi connectivity index (χ2n) is 4.72. The second-order valence-corrected chi connectivity index (χ2v) is 6.04. The molecule has 0 spiro atoms. The highest BCUT2D eigenvalue weighted by atomic mass is 32.1. The first kappa shape index (κ1) is 15.6. The number of thiazole rings is 1. The number of aliphatic imine (C=N–C) groups is 1. The third-order valence-electron chi connectivity index (χ3n) is 2.94. The molecule has 21 heavy (non-hydrogen) atoms. The number of guanidine groups is 1. The van der Waals surface area contributed by atoms with Crippen LogP contribution >= 0.6 is 11.3 Å². The summed E-state index contributed by atoms with van der Waals surface area (Å²) < 4.78 is 2.15. The molecule has 0 atom stereocenters. The molecule has 0 bridgehead atoms. The Kier molecular flexibility index (Phi) is 6.27. The summed E-state index contributed by atoms with van der Waals surface area (Å²) in [5.74, 6) is 0.873. The SMILES string of the molecule is CCNC(=NCCc1ncc(C)s1)NCCn1cccc1. The van der Waals surface area contributed by atoms with E-state index in [1.807, 2.05) is 18.3 Å². The van der Waals surface area contributed by atoms with Gasteiger partial charge in [0, 0.05) is 56.1 Å². The summed E-state index contributed by atoms with van der Waals surface area (Å²) in [7, 11) is 0. The molecule has 0 unspecified atom stereocenters. The molecular formula is C15H23N5S. The van der Waals surface area contributed by atoms with Crippen molar-refractivity contribution in [3.05, 3.63) is 40.6 Å². The Labute approximate surface area is 130 Å². The Bertz CT molecular complexity index is 544. The van der Waals surface area contributed by atoms with Gasteiger partial charge in [0.1, 0.15) is 0 Å². The molecule has 114 valence electrons. The minimum absolute atomic E-state index is 0.756. The van der Waals surface area contributed by atoms with Gasteiger partial charge < -0.3 is 15.2 Å². The van der Waals surface area contributed by atoms with Crippen molar-refractivity contribution in [2.45, 2.75) is 26.8 Å². The van der Waals surface area contributed by atoms with Gasteiger partial charge in [-0.05, 0) is 26.0 Å². The van der Waals surface area contributed by atoms with Crippen LogP contribution in [0.4, 0.5) is 0 Å². The predicted molar refractivity (Wildman–Crippen MR) is 89.0 cm³/mol. The zero-order chi connectivity index (χ0) is 14.9. The van der Waals surface area contributed by atoms with E-state index in [9.17, 15) is 0 Å². The summed E-state index contributed by atoms with van der Waals surface area (Å²) >= 11 is 1.74. The number of nitrogens with zero attached hydrogens (tertiary/aromatic N) is 3. The molecule has 0 aromatic carbocycles. The molecule has 2 aromatic rings. The number of rotatable bonds is 7. The summed E-state index contributed by atoms with van der Waals surface area (Å²) in [4.78, 5) is 10.2. The fraction of sp³-hybridized carbons (Fsp3) is 0.467. The maximum atomic E-state index is 4.59. The van der Waals surface area contributed by atoms with E-state index in [0.717, 1.165) is 43.6 Å². The summed E-state index contributed by atoms with van der Waals surface area (Å²) in [6.45, 7) is 7.57. The van der Waals surface area contributed by atoms with Crippen molar-refractivity contribution in [2.75, 3.05) is 19.6 Å². The van der Waals surface area contributed by atoms with E-state index in [1.165, 1.54) is 4.88 Å². The third kappa shape index (κ3) is 5.59. The lowest BCUT2D eigenvalue weighted by Gasteiger charge is -2.11. The summed E-state index contributed by atoms with van der Waals surface area (Å²) in [6.07, 6.45) is 6.95. The lowest BCUT2D eigenvalue weighted by Crippen LogP contribution is -2.39. The topological polar surface area (TPSA) is 54.2 Å². The molecule has 5 nitrogen and oxygen atoms in total. The van der Waals surface area contributed by atoms with Crippen LogP contribution < -0.4 is 10.6 Å². The van der Waals surface area contributed by atoms with Crippen molar-refractivity contribution in [1.82, 2.24) is 20.2 Å². The Morgan fingerprint density at radius 1 is 1.33 bits per heavy atom. The molecule has 0 amide bonds. The van der Waals surface area contributed by atoms with Crippen LogP contribution in [0.1, 0.15) is 16.8 Å². The van der Waals surface area contributed by atoms with Crippen molar-refractivity contribution < 1.29 is 0 Å². The molecule has 2 rings (SSSR count). The monoisotopic (exact) mass is 305 g/mol. The number of hydrogen-bond donors (Lipinski definition) is 2. The van der Waals surface area contributed by atoms with Gasteiger partial charge >= 0.3 is 0 Å². The molecule has 6 heteroatoms. The number of nitrogens with one attached hydrogen (secondary N) is 2. The minimum atomic E-state index is 0.756. The average molecular weight is 305 g/mol. The van der Waals surface area contributed by atoms with E-state index in [2.05, 4.69) is 51.4 Å². The van der Waals surface area contributed by atoms with Crippen molar-refractivity contribution in [3.8, 4) is 0 Å². The van der Waals surface area contributed by atoms with Gasteiger partial charge in [-0.1, -0.05) is 0 Å². The van der Waals surface area contributed by atoms with E-state index < -0.39 is 0 Å². The summed E-state index contributed by atoms with van der Waals surface area (Å²) in [6, 6.07) is 4.07. The molecule has 0 radical (unpaired) electrons. The van der Waals surface area contributed by atoms with Crippen LogP contribution in [0.3, 0.4) is 0 Å². The zero-order valence-corrected chi connectivity index (χ0v) is 13.5. The van der Waals surface area contributed by atoms with Crippen molar-refractivity contribution in [2.24, 2.45) is 4.99 Å². The van der Waals surface area contributed by atoms with Crippen molar-refractivity contribution in [3.63, 3.8) is 0 Å². The quantitative estimate of drug-likeness (QED) is 0.608. The van der Waals surface area contributed by atoms with Crippen LogP contribution in [-0.2, 0) is 13.0 Å². The predicted octanol–water partition coefficient (Wildman–Crippen LogP) is 2.05. The summed E-state index contributed by atoms with van der Waals surface area (Å²) in [5.41, 5.74) is 0. The zero-order valence-electron chi connectivity index (χ0n) is 12.7. The molecule has 2 aromatic heterocycles. The Morgan fingerprint density at radius 2 is 2.14 bits per heavy atom. The Balaban J connectivity index is 1.75. The van der Waals surface area contributed by atoms with E-state index >= 15 is 0 Å². The van der Waals surface area contributed by atoms with Gasteiger partial charge in [0.2, 0.25) is 0 Å². The molecule has 0 aliphatic heterocycles. The minimum Gasteiger partial charge on any atom is -0.357 e. The molecule has 0 aliphatic carbocycles. The van der Waals surface area contributed by atoms with Crippen LogP contribution in [0.25, 0.3) is 0 Å². The average Bonchev–Trinajstić information content (AvgIpc) is 3.11. The first-order chi connectivity index (χ1) is 10.3. The highest BCUT2D eigenvalue weighted by Crippen LogP contribution is 2.11. The first-order valence-electron chi connectivity index (χ1n) is 7.32. The molecule has 2 heterocycles. The fourth-order valence-electron chi connectivity index (χ4n) is 1.94. The van der Waals surface area contributed by atoms with Crippen LogP contribution in [0.5, 0.6) is 0 Å². The van der Waals surface area contributed by atoms with Gasteiger partial charge in [0.25, 0.3) is 0 Å². The highest BCUT2D eigenvalue weighted by Gasteiger charge is 2.00. The molecule has 2 N–H and O–H groups in total. The van der Waals surface area contributed by atoms with E-state index in [-0.39, 0.29) is 0 Å². The van der Waals surface area contributed by atoms with Crippen molar-refractivity contribution in [1.29, 1.82) is 0 Å². The van der Waals surface area contributed by atoms with Crippen LogP contribution in [-0.4, -0.2) is 35.1 Å². The lowest BCUT2D eigenvalue weighted by atomic mass is 10.4. The van der Waals surface area contributed by atoms with Crippen LogP contribution in [0.15, 0.2) is 35.7 Å². The molecule has 0 aliphatic rings. The second kappa shape index (κ2) is 8.46. The van der Waals surface area contributed by atoms with Gasteiger partial charge in [0.15, 0.2) is 5.96 Å². The first-order valence-corrected chi connectivity index (χ1v) is 8.14. The summed E-state index contributed by atoms with van der Waals surface area (Å²) in [5, 5.41) is 7.77. The number of aromatic nitrogens is 2. The molecule has 0 saturated carbocycles. The van der Waals surface area contributed by atoms with Gasteiger partial charge in [-0.25, -0.2) is 4.98 Å². The fourth-order valence-corrected chi connectivity index (χ4v) is 2.72. The largest absolute Gasteiger partial charge is 0.357 e. The van der Waals surface area contributed by atoms with Gasteiger partial charge in [-0.15, -0.1) is 11.3 Å². The number of aryl methyl sites for hydroxylation is 1. The maximum Gasteiger partial charge on any atom is 0.191 e. The standard InChI is InChI=1S/C15H23N5S/c1-3-16-15(18-8-11-20-9-4-5-10-20)17-7-6-14-19-12-13(2)21-14/h4-5,9-10,12H,3,6-8,11H2,1-2H3,(H2,16,17,18). The Morgan fingerprint density at radius 3 is 2.81 bits per heavy atom. The number of hydrogen-bond acceptors (Lipinski definition) is 3. The molecule has 0 saturated heterocycles. The van der Waals surface area contributed by atoms with E-state index in [1.54, 1.807) is 11.3 Å². The van der Waals surface area contributed by atoms with Crippen LogP contribution in [0.2, 0.25) is 0 Å². The van der Waals surface area contributed by atoms with Crippen molar-refractivity contribution >= 4 is 17.3 Å². The van der Waals surface area contributed by atoms with E-state index in [4.69, 9.17) is 0 Å².